The highest BCUT2D eigenvalue weighted by atomic mass is 35.5. The number of likely N-dealkylation sites (tertiary alicyclic amines) is 1. The predicted molar refractivity (Wildman–Crippen MR) is 134 cm³/mol. The minimum absolute atomic E-state index is 0.00248. The highest BCUT2D eigenvalue weighted by Crippen LogP contribution is 2.36. The number of fused-ring (bicyclic) bond motifs is 1. The molecule has 0 unspecified atom stereocenters. The first-order chi connectivity index (χ1) is 17.5. The van der Waals surface area contributed by atoms with Crippen molar-refractivity contribution in [2.24, 2.45) is 0 Å². The van der Waals surface area contributed by atoms with Gasteiger partial charge in [-0.2, -0.15) is 18.3 Å². The van der Waals surface area contributed by atoms with Gasteiger partial charge in [0.2, 0.25) is 0 Å². The number of likely N-dealkylation sites (N-methyl/N-ethyl adjacent to an activating group) is 1. The second-order valence-corrected chi connectivity index (χ2v) is 10.6. The zero-order chi connectivity index (χ0) is 26.5. The zero-order valence-electron chi connectivity index (χ0n) is 19.5. The molecule has 0 N–H and O–H groups in total. The molecule has 2 fully saturated rings. The molecule has 2 aromatic carbocycles. The van der Waals surface area contributed by atoms with Crippen LogP contribution in [-0.2, 0) is 17.5 Å². The lowest BCUT2D eigenvalue weighted by Crippen LogP contribution is -2.40. The minimum atomic E-state index is -4.56. The first-order valence-electron chi connectivity index (χ1n) is 11.4. The van der Waals surface area contributed by atoms with E-state index < -0.39 is 29.1 Å². The lowest BCUT2D eigenvalue weighted by molar-refractivity contribution is -0.138. The van der Waals surface area contributed by atoms with Gasteiger partial charge in [0.05, 0.1) is 28.7 Å². The number of carbonyl (C=O) groups is 2. The van der Waals surface area contributed by atoms with Crippen molar-refractivity contribution in [3.8, 4) is 0 Å². The number of alkyl halides is 4. The second kappa shape index (κ2) is 9.77. The third-order valence-electron chi connectivity index (χ3n) is 6.57. The maximum atomic E-state index is 13.7. The van der Waals surface area contributed by atoms with Crippen molar-refractivity contribution >= 4 is 51.5 Å². The third kappa shape index (κ3) is 5.25. The first kappa shape index (κ1) is 25.7. The van der Waals surface area contributed by atoms with Gasteiger partial charge in [-0.25, -0.2) is 4.39 Å². The number of thioether (sulfide) groups is 1. The summed E-state index contributed by atoms with van der Waals surface area (Å²) >= 11 is 6.60. The van der Waals surface area contributed by atoms with Crippen molar-refractivity contribution in [3.05, 3.63) is 69.2 Å². The summed E-state index contributed by atoms with van der Waals surface area (Å²) in [7, 11) is 1.77. The summed E-state index contributed by atoms with van der Waals surface area (Å²) < 4.78 is 55.6. The molecule has 2 atom stereocenters. The predicted octanol–water partition coefficient (Wildman–Crippen LogP) is 5.84. The van der Waals surface area contributed by atoms with E-state index in [1.54, 1.807) is 31.3 Å². The number of carbonyl (C=O) groups excluding carboxylic acids is 2. The average Bonchev–Trinajstić information content (AvgIpc) is 3.45. The van der Waals surface area contributed by atoms with Gasteiger partial charge >= 0.3 is 6.18 Å². The van der Waals surface area contributed by atoms with Crippen LogP contribution in [0.15, 0.2) is 47.5 Å². The van der Waals surface area contributed by atoms with Crippen molar-refractivity contribution in [1.29, 1.82) is 0 Å². The summed E-state index contributed by atoms with van der Waals surface area (Å²) in [5.41, 5.74) is 0.466. The Morgan fingerprint density at radius 2 is 1.97 bits per heavy atom. The van der Waals surface area contributed by atoms with E-state index in [4.69, 9.17) is 11.6 Å². The molecule has 0 saturated carbocycles. The number of imide groups is 1. The summed E-state index contributed by atoms with van der Waals surface area (Å²) in [6.45, 7) is 0.304. The van der Waals surface area contributed by atoms with Crippen LogP contribution in [0.3, 0.4) is 0 Å². The Morgan fingerprint density at radius 1 is 1.19 bits per heavy atom. The lowest BCUT2D eigenvalue weighted by atomic mass is 10.1. The van der Waals surface area contributed by atoms with Crippen LogP contribution >= 0.6 is 23.4 Å². The molecule has 0 bridgehead atoms. The van der Waals surface area contributed by atoms with Gasteiger partial charge in [-0.1, -0.05) is 23.7 Å². The van der Waals surface area contributed by atoms with Crippen LogP contribution in [0.2, 0.25) is 5.02 Å². The van der Waals surface area contributed by atoms with Gasteiger partial charge in [-0.15, -0.1) is 0 Å². The zero-order valence-corrected chi connectivity index (χ0v) is 21.1. The molecule has 3 aromatic rings. The van der Waals surface area contributed by atoms with Gasteiger partial charge in [-0.3, -0.25) is 24.1 Å². The van der Waals surface area contributed by atoms with Crippen LogP contribution in [0.25, 0.3) is 17.0 Å². The van der Waals surface area contributed by atoms with Gasteiger partial charge in [0.15, 0.2) is 0 Å². The van der Waals surface area contributed by atoms with Crippen LogP contribution in [0.4, 0.5) is 22.4 Å². The molecule has 5 rings (SSSR count). The van der Waals surface area contributed by atoms with Crippen molar-refractivity contribution in [2.45, 2.75) is 31.4 Å². The number of rotatable bonds is 5. The number of hydrogen-bond donors (Lipinski definition) is 0. The van der Waals surface area contributed by atoms with Gasteiger partial charge in [0.1, 0.15) is 6.17 Å². The number of hydrogen-bond acceptors (Lipinski definition) is 5. The van der Waals surface area contributed by atoms with Crippen LogP contribution in [0, 0.1) is 0 Å². The van der Waals surface area contributed by atoms with E-state index in [0.717, 1.165) is 22.7 Å². The smallest absolute Gasteiger partial charge is 0.299 e. The number of amides is 2. The normalized spacial score (nSPS) is 22.2. The quantitative estimate of drug-likeness (QED) is 0.294. The molecular weight excluding hydrogens is 532 g/mol. The van der Waals surface area contributed by atoms with E-state index >= 15 is 0 Å². The van der Waals surface area contributed by atoms with E-state index in [-0.39, 0.29) is 47.6 Å². The lowest BCUT2D eigenvalue weighted by Gasteiger charge is -2.23. The summed E-state index contributed by atoms with van der Waals surface area (Å²) in [4.78, 5) is 28.6. The van der Waals surface area contributed by atoms with Crippen molar-refractivity contribution < 1.29 is 27.2 Å². The highest BCUT2D eigenvalue weighted by molar-refractivity contribution is 8.18. The molecule has 194 valence electrons. The Balaban J connectivity index is 1.36. The van der Waals surface area contributed by atoms with Crippen LogP contribution in [-0.4, -0.2) is 63.1 Å². The van der Waals surface area contributed by atoms with Gasteiger partial charge in [0, 0.05) is 29.5 Å². The average molecular weight is 553 g/mol. The van der Waals surface area contributed by atoms with E-state index in [9.17, 15) is 27.2 Å². The largest absolute Gasteiger partial charge is 0.416 e. The maximum Gasteiger partial charge on any atom is 0.416 e. The molecule has 0 aliphatic carbocycles. The Kier molecular flexibility index (Phi) is 6.80. The molecule has 1 aromatic heterocycles. The van der Waals surface area contributed by atoms with Gasteiger partial charge < -0.3 is 0 Å². The topological polar surface area (TPSA) is 58.4 Å². The first-order valence-corrected chi connectivity index (χ1v) is 12.6. The molecule has 6 nitrogen and oxygen atoms in total. The maximum absolute atomic E-state index is 13.7. The fourth-order valence-corrected chi connectivity index (χ4v) is 5.70. The molecular formula is C25H21ClF4N4O2S. The molecule has 0 radical (unpaired) electrons. The SMILES string of the molecule is CN1C[C@H](F)C[C@H]1CN1C(=O)S/C(=C\c2ccc3c(cnn3Cc3ccc(Cl)cc3C(F)(F)F)c2)C1=O. The summed E-state index contributed by atoms with van der Waals surface area (Å²) in [6.07, 6.45) is -2.12. The Hall–Kier alpha value is -2.89. The molecule has 2 amide bonds. The van der Waals surface area contributed by atoms with Gasteiger partial charge in [0.25, 0.3) is 11.1 Å². The minimum Gasteiger partial charge on any atom is -0.299 e. The standard InChI is InChI=1S/C25H21ClF4N4O2S/c1-32-12-18(27)9-19(32)13-33-23(35)22(37-24(33)36)7-14-2-5-21-16(6-14)10-31-34(21)11-15-3-4-17(26)8-20(15)25(28,29)30/h2-8,10,18-19H,9,11-13H2,1H3/b22-7-/t18-,19+/m1/s1. The molecule has 2 saturated heterocycles. The summed E-state index contributed by atoms with van der Waals surface area (Å²) in [6, 6.07) is 8.58. The van der Waals surface area contributed by atoms with E-state index in [2.05, 4.69) is 5.10 Å². The van der Waals surface area contributed by atoms with Crippen molar-refractivity contribution in [1.82, 2.24) is 19.6 Å². The number of nitrogens with zero attached hydrogens (tertiary/aromatic N) is 4. The molecule has 12 heteroatoms. The monoisotopic (exact) mass is 552 g/mol. The van der Waals surface area contributed by atoms with Crippen molar-refractivity contribution in [3.63, 3.8) is 0 Å². The van der Waals surface area contributed by atoms with Crippen LogP contribution in [0.5, 0.6) is 0 Å². The third-order valence-corrected chi connectivity index (χ3v) is 7.71. The molecule has 37 heavy (non-hydrogen) atoms. The summed E-state index contributed by atoms with van der Waals surface area (Å²) in [5, 5.41) is 4.51. The molecule has 0 spiro atoms. The summed E-state index contributed by atoms with van der Waals surface area (Å²) in [5.74, 6) is -0.427. The van der Waals surface area contributed by atoms with Crippen molar-refractivity contribution in [2.75, 3.05) is 20.1 Å². The second-order valence-electron chi connectivity index (χ2n) is 9.14. The number of benzene rings is 2. The molecule has 2 aliphatic heterocycles. The fraction of sp³-hybridized carbons (Fsp3) is 0.320. The van der Waals surface area contributed by atoms with Crippen LogP contribution < -0.4 is 0 Å². The fourth-order valence-electron chi connectivity index (χ4n) is 4.68. The Morgan fingerprint density at radius 3 is 2.68 bits per heavy atom. The van der Waals surface area contributed by atoms with Gasteiger partial charge in [-0.05, 0) is 66.7 Å². The molecule has 3 heterocycles. The Labute approximate surface area is 218 Å². The van der Waals surface area contributed by atoms with E-state index in [1.165, 1.54) is 23.0 Å². The van der Waals surface area contributed by atoms with E-state index in [0.29, 0.717) is 16.5 Å². The highest BCUT2D eigenvalue weighted by Gasteiger charge is 2.39. The van der Waals surface area contributed by atoms with Crippen LogP contribution in [0.1, 0.15) is 23.1 Å². The number of aromatic nitrogens is 2. The Bertz CT molecular complexity index is 1420. The molecule has 2 aliphatic rings. The number of halogens is 5. The van der Waals surface area contributed by atoms with E-state index in [1.807, 2.05) is 4.90 Å².